The topological polar surface area (TPSA) is 532 Å². The maximum atomic E-state index is 15.6. The predicted octanol–water partition coefficient (Wildman–Crippen LogP) is -11.1. The highest BCUT2D eigenvalue weighted by Gasteiger charge is 2.57. The van der Waals surface area contributed by atoms with Crippen molar-refractivity contribution in [3.8, 4) is 5.75 Å². The number of carbonyl (C=O) groups is 4. The minimum atomic E-state index is -2.57. The molecule has 0 radical (unpaired) electrons. The van der Waals surface area contributed by atoms with Crippen molar-refractivity contribution in [2.75, 3.05) is 39.5 Å². The van der Waals surface area contributed by atoms with E-state index in [-0.39, 0.29) is 43.0 Å². The van der Waals surface area contributed by atoms with Crippen LogP contribution in [0.4, 0.5) is 0 Å². The highest BCUT2D eigenvalue weighted by atomic mass is 16.8. The smallest absolute Gasteiger partial charge is 0.250 e. The number of hydrogen-bond donors (Lipinski definition) is 19. The Morgan fingerprint density at radius 1 is 0.827 bits per heavy atom. The molecule has 0 bridgehead atoms. The Morgan fingerprint density at radius 3 is 2.10 bits per heavy atom. The fraction of sp³-hybridized carbons (Fsp3) is 0.750. The summed E-state index contributed by atoms with van der Waals surface area (Å²) in [6.45, 7) is 1.39. The molecular formula is C48H76N10O23. The van der Waals surface area contributed by atoms with E-state index in [4.69, 9.17) is 45.6 Å². The highest BCUT2D eigenvalue weighted by Crippen LogP contribution is 2.36. The number of phenols is 1. The second-order valence-corrected chi connectivity index (χ2v) is 21.9. The van der Waals surface area contributed by atoms with Crippen molar-refractivity contribution in [3.63, 3.8) is 0 Å². The molecule has 4 saturated heterocycles. The maximum absolute atomic E-state index is 15.6. The third kappa shape index (κ3) is 13.9. The van der Waals surface area contributed by atoms with Crippen LogP contribution < -0.4 is 33.2 Å². The molecule has 24 atom stereocenters. The number of ether oxygens (including phenoxy) is 6. The van der Waals surface area contributed by atoms with Gasteiger partial charge in [0.15, 0.2) is 37.0 Å². The van der Waals surface area contributed by atoms with Crippen molar-refractivity contribution in [1.82, 2.24) is 25.8 Å². The van der Waals surface area contributed by atoms with E-state index < -0.39 is 197 Å². The number of aromatic hydroxyl groups is 1. The minimum Gasteiger partial charge on any atom is -0.508 e. The molecule has 0 aliphatic carbocycles. The summed E-state index contributed by atoms with van der Waals surface area (Å²) >= 11 is 0. The number of amides is 3. The van der Waals surface area contributed by atoms with Gasteiger partial charge in [0.05, 0.1) is 57.6 Å². The number of nitrogens with zero attached hydrogens (tertiary/aromatic N) is 4. The number of carbonyl (C=O) groups excluding carboxylic acids is 4. The third-order valence-corrected chi connectivity index (χ3v) is 14.9. The summed E-state index contributed by atoms with van der Waals surface area (Å²) < 4.78 is 35.2. The zero-order chi connectivity index (χ0) is 59.5. The molecule has 3 amide bonds. The van der Waals surface area contributed by atoms with Crippen molar-refractivity contribution in [1.29, 1.82) is 0 Å². The molecule has 22 N–H and O–H groups in total. The Balaban J connectivity index is 1.22. The molecule has 6 heterocycles. The Hall–Kier alpha value is -5.12. The van der Waals surface area contributed by atoms with E-state index >= 15 is 4.79 Å². The maximum Gasteiger partial charge on any atom is 0.250 e. The summed E-state index contributed by atoms with van der Waals surface area (Å²) in [7, 11) is 0. The van der Waals surface area contributed by atoms with Crippen LogP contribution in [0.1, 0.15) is 32.8 Å². The average Bonchev–Trinajstić information content (AvgIpc) is 4.30. The number of rotatable bonds is 21. The van der Waals surface area contributed by atoms with Gasteiger partial charge in [-0.2, -0.15) is 0 Å². The normalized spacial score (nSPS) is 36.6. The number of hydrogen-bond acceptors (Lipinski definition) is 30. The number of benzene rings is 1. The first kappa shape index (κ1) is 63.5. The summed E-state index contributed by atoms with van der Waals surface area (Å²) in [5.74, 6) is -5.04. The summed E-state index contributed by atoms with van der Waals surface area (Å²) in [5, 5.41) is 152. The van der Waals surface area contributed by atoms with Crippen LogP contribution in [-0.4, -0.2) is 298 Å². The summed E-state index contributed by atoms with van der Waals surface area (Å²) in [5.41, 5.74) is 18.5. The van der Waals surface area contributed by atoms with Gasteiger partial charge in [-0.25, -0.2) is 0 Å². The van der Waals surface area contributed by atoms with Crippen molar-refractivity contribution in [3.05, 3.63) is 29.8 Å². The third-order valence-electron chi connectivity index (χ3n) is 14.9. The first-order chi connectivity index (χ1) is 38.2. The second-order valence-electron chi connectivity index (χ2n) is 21.9. The zero-order valence-electron chi connectivity index (χ0n) is 44.3. The van der Waals surface area contributed by atoms with Gasteiger partial charge in [0, 0.05) is 6.42 Å². The fourth-order valence-corrected chi connectivity index (χ4v) is 10.4. The molecule has 81 heavy (non-hydrogen) atoms. The van der Waals surface area contributed by atoms with Crippen LogP contribution in [0.2, 0.25) is 0 Å². The number of aliphatic imine (C=N–C) groups is 2. The molecule has 6 aliphatic rings. The molecule has 4 fully saturated rings. The van der Waals surface area contributed by atoms with Crippen LogP contribution in [0.25, 0.3) is 0 Å². The summed E-state index contributed by atoms with van der Waals surface area (Å²) in [6, 6.07) is -5.75. The first-order valence-electron chi connectivity index (χ1n) is 26.1. The number of aldehydes is 1. The largest absolute Gasteiger partial charge is 0.508 e. The Kier molecular flexibility index (Phi) is 20.9. The molecule has 0 saturated carbocycles. The lowest BCUT2D eigenvalue weighted by atomic mass is 9.91. The SMILES string of the molecule is CC(C)(C)CC1OC[C@H]2O[C@H](O[C@H]3[C@H](O)[C@H](O)[C@@H](N(C(=O)[C@H](NC(=O)[C@@H](NC(=O)[C@H](N)Cc4ccc(O)cc4)C(O)C4CN=C(N)N4)C(O)C4CN=C(N)N4[C@H]4O[C@H](CO)[C@@H](O)[C@H](O)[C@@H]4O)[C@H](C=O)CO)O[C@@H]3CO)[C@@H](O)[C@@H](O)[C@@H]2O1. The minimum absolute atomic E-state index is 0.0259. The van der Waals surface area contributed by atoms with Crippen LogP contribution in [0, 0.1) is 5.41 Å². The standard InChI is InChI=1S/C48H76N10O23/c1-48(2,3)9-26-76-16-25-39(80-26)34(69)37(72)45(79-25)81-38-24(15-62)78-43(36(71)33(38)68)57(18(12-59)13-60)42(75)28(30(65)22-11-53-47(51)58(22)44-35(70)32(67)31(66)23(14-61)77-44)56-41(74)27(29(64)21-10-52-46(50)54-21)55-40(73)20(49)8-17-4-6-19(63)7-5-17/h4-7,12,18,20-39,43-45,60-72H,8-11,13-16,49H2,1-3H3,(H2,51,53)(H,55,73)(H,56,74)(H3,50,52,54)/t18-,20-,21?,22?,23-,24-,25-,26?,27+,28-,29?,30?,31-,32+,33-,34-,35+,36+,37+,38-,39-,43+,44+,45-/m1/s1. The molecule has 6 aliphatic heterocycles. The lowest BCUT2D eigenvalue weighted by Crippen LogP contribution is -2.72. The van der Waals surface area contributed by atoms with Crippen molar-refractivity contribution in [2.45, 2.75) is 180 Å². The number of aliphatic hydroxyl groups is 12. The molecule has 7 rings (SSSR count). The highest BCUT2D eigenvalue weighted by molar-refractivity contribution is 5.95. The predicted molar refractivity (Wildman–Crippen MR) is 271 cm³/mol. The van der Waals surface area contributed by atoms with Crippen LogP contribution >= 0.6 is 0 Å². The van der Waals surface area contributed by atoms with Gasteiger partial charge in [0.2, 0.25) is 11.8 Å². The Labute approximate surface area is 462 Å². The number of nitrogens with one attached hydrogen (secondary N) is 3. The van der Waals surface area contributed by atoms with Gasteiger partial charge in [-0.05, 0) is 29.5 Å². The number of fused-ring (bicyclic) bond motifs is 1. The summed E-state index contributed by atoms with van der Waals surface area (Å²) in [4.78, 5) is 66.5. The van der Waals surface area contributed by atoms with Crippen LogP contribution in [0.15, 0.2) is 34.3 Å². The monoisotopic (exact) mass is 1160 g/mol. The van der Waals surface area contributed by atoms with Gasteiger partial charge >= 0.3 is 0 Å². The summed E-state index contributed by atoms with van der Waals surface area (Å²) in [6.07, 6.45) is -33.0. The quantitative estimate of drug-likeness (QED) is 0.0508. The van der Waals surface area contributed by atoms with Crippen molar-refractivity contribution in [2.24, 2.45) is 32.6 Å². The zero-order valence-corrected chi connectivity index (χ0v) is 44.3. The van der Waals surface area contributed by atoms with Crippen LogP contribution in [0.5, 0.6) is 5.75 Å². The molecule has 0 aromatic heterocycles. The Morgan fingerprint density at radius 2 is 1.49 bits per heavy atom. The van der Waals surface area contributed by atoms with Crippen LogP contribution in [-0.2, 0) is 54.0 Å². The van der Waals surface area contributed by atoms with Gasteiger partial charge in [0.25, 0.3) is 5.91 Å². The lowest BCUT2D eigenvalue weighted by Gasteiger charge is -2.51. The first-order valence-corrected chi connectivity index (χ1v) is 26.1. The van der Waals surface area contributed by atoms with E-state index in [1.165, 1.54) is 24.3 Å². The number of nitrogens with two attached hydrogens (primary N) is 3. The van der Waals surface area contributed by atoms with E-state index in [1.807, 2.05) is 20.8 Å². The molecule has 33 heteroatoms. The van der Waals surface area contributed by atoms with Gasteiger partial charge in [-0.1, -0.05) is 32.9 Å². The van der Waals surface area contributed by atoms with Gasteiger partial charge in [0.1, 0.15) is 116 Å². The van der Waals surface area contributed by atoms with E-state index in [2.05, 4.69) is 25.9 Å². The van der Waals surface area contributed by atoms with Crippen LogP contribution in [0.3, 0.4) is 0 Å². The molecule has 456 valence electrons. The second kappa shape index (κ2) is 26.6. The van der Waals surface area contributed by atoms with Crippen molar-refractivity contribution < 1.29 is 114 Å². The molecular weight excluding hydrogens is 1080 g/mol. The molecule has 5 unspecified atom stereocenters. The van der Waals surface area contributed by atoms with E-state index in [0.29, 0.717) is 16.9 Å². The number of guanidine groups is 2. The molecule has 0 spiro atoms. The van der Waals surface area contributed by atoms with E-state index in [0.717, 1.165) is 4.90 Å². The van der Waals surface area contributed by atoms with Crippen molar-refractivity contribution >= 4 is 35.9 Å². The molecule has 33 nitrogen and oxygen atoms in total. The van der Waals surface area contributed by atoms with E-state index in [9.17, 15) is 80.8 Å². The number of phenolic OH excluding ortho intramolecular Hbond substituents is 1. The average molecular weight is 1160 g/mol. The Bertz CT molecular complexity index is 2370. The van der Waals surface area contributed by atoms with Gasteiger partial charge in [-0.15, -0.1) is 0 Å². The van der Waals surface area contributed by atoms with Gasteiger partial charge < -0.3 is 143 Å². The number of aliphatic hydroxyl groups excluding tert-OH is 12. The molecule has 1 aromatic carbocycles. The van der Waals surface area contributed by atoms with Gasteiger partial charge in [-0.3, -0.25) is 24.4 Å². The lowest BCUT2D eigenvalue weighted by molar-refractivity contribution is -0.381. The van der Waals surface area contributed by atoms with E-state index in [1.54, 1.807) is 0 Å². The molecule has 1 aromatic rings. The fourth-order valence-electron chi connectivity index (χ4n) is 10.4.